The van der Waals surface area contributed by atoms with E-state index < -0.39 is 6.03 Å². The lowest BCUT2D eigenvalue weighted by Crippen LogP contribution is -2.24. The van der Waals surface area contributed by atoms with E-state index in [1.165, 1.54) is 6.21 Å². The third-order valence-corrected chi connectivity index (χ3v) is 3.26. The predicted octanol–water partition coefficient (Wildman–Crippen LogP) is 3.57. The molecule has 0 spiro atoms. The van der Waals surface area contributed by atoms with E-state index in [0.29, 0.717) is 22.4 Å². The lowest BCUT2D eigenvalue weighted by Gasteiger charge is -2.08. The second kappa shape index (κ2) is 7.68. The molecule has 114 valence electrons. The van der Waals surface area contributed by atoms with Crippen LogP contribution in [0.15, 0.2) is 47.6 Å². The number of rotatable bonds is 5. The molecule has 2 amide bonds. The number of amides is 2. The van der Waals surface area contributed by atoms with Crippen LogP contribution in [-0.2, 0) is 6.61 Å². The number of hydrazone groups is 1. The van der Waals surface area contributed by atoms with E-state index >= 15 is 0 Å². The molecule has 2 aromatic carbocycles. The molecule has 0 heterocycles. The quantitative estimate of drug-likeness (QED) is 0.646. The van der Waals surface area contributed by atoms with Crippen LogP contribution in [0.3, 0.4) is 0 Å². The first-order chi connectivity index (χ1) is 10.5. The highest BCUT2D eigenvalue weighted by atomic mass is 35.5. The Hall–Kier alpha value is -2.24. The molecule has 0 radical (unpaired) electrons. The first-order valence-corrected chi connectivity index (χ1v) is 7.05. The van der Waals surface area contributed by atoms with Gasteiger partial charge in [0.2, 0.25) is 0 Å². The Morgan fingerprint density at radius 3 is 2.59 bits per heavy atom. The van der Waals surface area contributed by atoms with Crippen molar-refractivity contribution in [1.29, 1.82) is 0 Å². The smallest absolute Gasteiger partial charge is 0.332 e. The van der Waals surface area contributed by atoms with Crippen molar-refractivity contribution in [2.75, 3.05) is 0 Å². The van der Waals surface area contributed by atoms with Crippen LogP contribution in [0.5, 0.6) is 5.75 Å². The summed E-state index contributed by atoms with van der Waals surface area (Å²) in [6, 6.07) is 11.7. The Balaban J connectivity index is 1.93. The summed E-state index contributed by atoms with van der Waals surface area (Å²) in [5, 5.41) is 4.81. The number of carbonyl (C=O) groups is 1. The van der Waals surface area contributed by atoms with Crippen molar-refractivity contribution < 1.29 is 9.53 Å². The summed E-state index contributed by atoms with van der Waals surface area (Å²) in [5.74, 6) is 0.686. The van der Waals surface area contributed by atoms with Gasteiger partial charge < -0.3 is 10.5 Å². The van der Waals surface area contributed by atoms with Crippen LogP contribution in [-0.4, -0.2) is 12.2 Å². The Labute approximate surface area is 137 Å². The van der Waals surface area contributed by atoms with Gasteiger partial charge in [0.15, 0.2) is 0 Å². The Kier molecular flexibility index (Phi) is 5.63. The maximum Gasteiger partial charge on any atom is 0.332 e. The summed E-state index contributed by atoms with van der Waals surface area (Å²) >= 11 is 11.9. The Morgan fingerprint density at radius 2 is 1.95 bits per heavy atom. The minimum absolute atomic E-state index is 0.340. The molecule has 0 aliphatic rings. The number of nitrogens with zero attached hydrogens (tertiary/aromatic N) is 1. The summed E-state index contributed by atoms with van der Waals surface area (Å²) in [6.45, 7) is 0.340. The molecule has 3 N–H and O–H groups in total. The number of ether oxygens (including phenoxy) is 1. The van der Waals surface area contributed by atoms with Crippen LogP contribution >= 0.6 is 23.2 Å². The zero-order valence-electron chi connectivity index (χ0n) is 11.4. The van der Waals surface area contributed by atoms with E-state index in [0.717, 1.165) is 11.1 Å². The van der Waals surface area contributed by atoms with Crippen molar-refractivity contribution in [3.63, 3.8) is 0 Å². The fourth-order valence-electron chi connectivity index (χ4n) is 1.62. The highest BCUT2D eigenvalue weighted by Gasteiger charge is 2.02. The van der Waals surface area contributed by atoms with Crippen molar-refractivity contribution in [3.05, 3.63) is 63.6 Å². The number of benzene rings is 2. The van der Waals surface area contributed by atoms with Gasteiger partial charge in [0, 0.05) is 15.6 Å². The van der Waals surface area contributed by atoms with Gasteiger partial charge in [-0.25, -0.2) is 10.2 Å². The summed E-state index contributed by atoms with van der Waals surface area (Å²) in [6.07, 6.45) is 1.48. The molecule has 0 atom stereocenters. The Bertz CT molecular complexity index is 688. The molecule has 0 aliphatic carbocycles. The van der Waals surface area contributed by atoms with E-state index in [2.05, 4.69) is 10.5 Å². The average Bonchev–Trinajstić information content (AvgIpc) is 2.47. The third kappa shape index (κ3) is 4.95. The highest BCUT2D eigenvalue weighted by molar-refractivity contribution is 6.35. The van der Waals surface area contributed by atoms with Crippen LogP contribution in [0.25, 0.3) is 0 Å². The number of hydrogen-bond donors (Lipinski definition) is 2. The summed E-state index contributed by atoms with van der Waals surface area (Å²) in [7, 11) is 0. The normalized spacial score (nSPS) is 10.6. The number of nitrogens with one attached hydrogen (secondary N) is 1. The van der Waals surface area contributed by atoms with E-state index in [4.69, 9.17) is 33.7 Å². The molecule has 2 rings (SSSR count). The largest absolute Gasteiger partial charge is 0.489 e. The van der Waals surface area contributed by atoms with E-state index in [-0.39, 0.29) is 0 Å². The molecule has 0 fully saturated rings. The molecule has 0 unspecified atom stereocenters. The van der Waals surface area contributed by atoms with Crippen LogP contribution < -0.4 is 15.9 Å². The van der Waals surface area contributed by atoms with Gasteiger partial charge in [-0.15, -0.1) is 0 Å². The van der Waals surface area contributed by atoms with Gasteiger partial charge in [0.25, 0.3) is 0 Å². The number of primary amides is 1. The predicted molar refractivity (Wildman–Crippen MR) is 87.5 cm³/mol. The van der Waals surface area contributed by atoms with E-state index in [9.17, 15) is 4.79 Å². The summed E-state index contributed by atoms with van der Waals surface area (Å²) in [5.41, 5.74) is 8.66. The van der Waals surface area contributed by atoms with Gasteiger partial charge in [0.05, 0.1) is 6.21 Å². The number of urea groups is 1. The highest BCUT2D eigenvalue weighted by Crippen LogP contribution is 2.22. The van der Waals surface area contributed by atoms with Crippen molar-refractivity contribution in [2.24, 2.45) is 10.8 Å². The van der Waals surface area contributed by atoms with Gasteiger partial charge in [0.1, 0.15) is 12.4 Å². The average molecular weight is 338 g/mol. The molecule has 0 aliphatic heterocycles. The maximum atomic E-state index is 10.5. The van der Waals surface area contributed by atoms with Crippen LogP contribution in [0.4, 0.5) is 4.79 Å². The number of nitrogens with two attached hydrogens (primary N) is 1. The maximum absolute atomic E-state index is 10.5. The standard InChI is InChI=1S/C15H13Cl2N3O2/c16-12-4-3-11(14(17)7-12)9-22-13-5-1-10(2-6-13)8-19-20-15(18)21/h1-8H,9H2,(H3,18,20,21)/b19-8+. The van der Waals surface area contributed by atoms with Gasteiger partial charge in [-0.05, 0) is 42.0 Å². The van der Waals surface area contributed by atoms with Crippen molar-refractivity contribution >= 4 is 35.4 Å². The molecule has 22 heavy (non-hydrogen) atoms. The van der Waals surface area contributed by atoms with Crippen LogP contribution in [0.2, 0.25) is 10.0 Å². The molecule has 0 bridgehead atoms. The van der Waals surface area contributed by atoms with Crippen LogP contribution in [0, 0.1) is 0 Å². The topological polar surface area (TPSA) is 76.7 Å². The van der Waals surface area contributed by atoms with Gasteiger partial charge >= 0.3 is 6.03 Å². The molecular weight excluding hydrogens is 325 g/mol. The first-order valence-electron chi connectivity index (χ1n) is 6.30. The minimum Gasteiger partial charge on any atom is -0.489 e. The van der Waals surface area contributed by atoms with E-state index in [1.54, 1.807) is 36.4 Å². The van der Waals surface area contributed by atoms with Gasteiger partial charge in [-0.2, -0.15) is 5.10 Å². The molecule has 2 aromatic rings. The second-order valence-electron chi connectivity index (χ2n) is 4.33. The van der Waals surface area contributed by atoms with Gasteiger partial charge in [-0.3, -0.25) is 0 Å². The zero-order chi connectivity index (χ0) is 15.9. The summed E-state index contributed by atoms with van der Waals surface area (Å²) in [4.78, 5) is 10.5. The molecule has 5 nitrogen and oxygen atoms in total. The molecule has 0 saturated carbocycles. The SMILES string of the molecule is NC(=O)N/N=C/c1ccc(OCc2ccc(Cl)cc2Cl)cc1. The molecule has 0 saturated heterocycles. The lowest BCUT2D eigenvalue weighted by molar-refractivity contribution is 0.249. The summed E-state index contributed by atoms with van der Waals surface area (Å²) < 4.78 is 5.65. The fraction of sp³-hybridized carbons (Fsp3) is 0.0667. The molecule has 0 aromatic heterocycles. The second-order valence-corrected chi connectivity index (χ2v) is 5.17. The minimum atomic E-state index is -0.712. The van der Waals surface area contributed by atoms with Crippen molar-refractivity contribution in [2.45, 2.75) is 6.61 Å². The Morgan fingerprint density at radius 1 is 1.23 bits per heavy atom. The number of carbonyl (C=O) groups excluding carboxylic acids is 1. The van der Waals surface area contributed by atoms with Gasteiger partial charge in [-0.1, -0.05) is 29.3 Å². The monoisotopic (exact) mass is 337 g/mol. The number of hydrogen-bond acceptors (Lipinski definition) is 3. The van der Waals surface area contributed by atoms with Crippen molar-refractivity contribution in [1.82, 2.24) is 5.43 Å². The number of halogens is 2. The lowest BCUT2D eigenvalue weighted by atomic mass is 10.2. The van der Waals surface area contributed by atoms with E-state index in [1.807, 2.05) is 6.07 Å². The first kappa shape index (κ1) is 16.1. The molecule has 7 heteroatoms. The fourth-order valence-corrected chi connectivity index (χ4v) is 2.08. The van der Waals surface area contributed by atoms with Crippen LogP contribution in [0.1, 0.15) is 11.1 Å². The molecular formula is C15H13Cl2N3O2. The third-order valence-electron chi connectivity index (χ3n) is 2.68. The van der Waals surface area contributed by atoms with Crippen molar-refractivity contribution in [3.8, 4) is 5.75 Å². The zero-order valence-corrected chi connectivity index (χ0v) is 12.9.